The lowest BCUT2D eigenvalue weighted by atomic mass is 10.0. The second-order valence-corrected chi connectivity index (χ2v) is 6.52. The first-order valence-electron chi connectivity index (χ1n) is 7.48. The highest BCUT2D eigenvalue weighted by atomic mass is 127. The molecule has 1 N–H and O–H groups in total. The standard InChI is InChI=1S/C17H24N4S.HI/c1-13(15-8-6-5-7-9-15)10-19-17(18-3)21(4)11-16-12-22-14(2)20-16;/h5-9,12-13H,10-11H2,1-4H3,(H,18,19);1H. The summed E-state index contributed by atoms with van der Waals surface area (Å²) in [7, 11) is 3.86. The minimum absolute atomic E-state index is 0. The molecular weight excluding hydrogens is 419 g/mol. The maximum Gasteiger partial charge on any atom is 0.193 e. The van der Waals surface area contributed by atoms with Gasteiger partial charge in [0.15, 0.2) is 5.96 Å². The summed E-state index contributed by atoms with van der Waals surface area (Å²) >= 11 is 1.68. The minimum Gasteiger partial charge on any atom is -0.356 e. The molecule has 0 radical (unpaired) electrons. The van der Waals surface area contributed by atoms with Gasteiger partial charge in [0, 0.05) is 26.0 Å². The van der Waals surface area contributed by atoms with Gasteiger partial charge in [-0.15, -0.1) is 35.3 Å². The minimum atomic E-state index is 0. The van der Waals surface area contributed by atoms with Crippen molar-refractivity contribution < 1.29 is 0 Å². The van der Waals surface area contributed by atoms with Gasteiger partial charge in [0.1, 0.15) is 0 Å². The molecule has 23 heavy (non-hydrogen) atoms. The number of nitrogens with zero attached hydrogens (tertiary/aromatic N) is 3. The fourth-order valence-electron chi connectivity index (χ4n) is 2.33. The van der Waals surface area contributed by atoms with E-state index in [0.29, 0.717) is 5.92 Å². The molecule has 1 aromatic heterocycles. The smallest absolute Gasteiger partial charge is 0.193 e. The molecular formula is C17H25IN4S. The summed E-state index contributed by atoms with van der Waals surface area (Å²) in [5, 5.41) is 6.65. The van der Waals surface area contributed by atoms with Crippen LogP contribution in [-0.4, -0.2) is 36.5 Å². The quantitative estimate of drug-likeness (QED) is 0.432. The van der Waals surface area contributed by atoms with Gasteiger partial charge in [-0.25, -0.2) is 4.98 Å². The van der Waals surface area contributed by atoms with Crippen LogP contribution in [0.15, 0.2) is 40.7 Å². The maximum absolute atomic E-state index is 4.50. The van der Waals surface area contributed by atoms with Crippen LogP contribution in [0.5, 0.6) is 0 Å². The van der Waals surface area contributed by atoms with E-state index in [9.17, 15) is 0 Å². The van der Waals surface area contributed by atoms with Gasteiger partial charge in [-0.05, 0) is 18.4 Å². The topological polar surface area (TPSA) is 40.5 Å². The van der Waals surface area contributed by atoms with Crippen molar-refractivity contribution in [2.24, 2.45) is 4.99 Å². The Labute approximate surface area is 160 Å². The van der Waals surface area contributed by atoms with E-state index < -0.39 is 0 Å². The Morgan fingerprint density at radius 2 is 2.04 bits per heavy atom. The number of aryl methyl sites for hydroxylation is 1. The zero-order valence-electron chi connectivity index (χ0n) is 14.1. The average molecular weight is 444 g/mol. The molecule has 0 aliphatic heterocycles. The summed E-state index contributed by atoms with van der Waals surface area (Å²) in [6.07, 6.45) is 0. The van der Waals surface area contributed by atoms with Crippen LogP contribution in [0.25, 0.3) is 0 Å². The number of aliphatic imine (C=N–C) groups is 1. The van der Waals surface area contributed by atoms with E-state index in [2.05, 4.69) is 56.8 Å². The van der Waals surface area contributed by atoms with Gasteiger partial charge in [-0.1, -0.05) is 37.3 Å². The normalized spacial score (nSPS) is 12.4. The highest BCUT2D eigenvalue weighted by Gasteiger charge is 2.11. The molecule has 1 aromatic carbocycles. The van der Waals surface area contributed by atoms with Crippen LogP contribution in [0.2, 0.25) is 0 Å². The zero-order chi connectivity index (χ0) is 15.9. The first kappa shape index (κ1) is 19.9. The Balaban J connectivity index is 0.00000264. The molecule has 126 valence electrons. The third-order valence-corrected chi connectivity index (χ3v) is 4.40. The first-order valence-corrected chi connectivity index (χ1v) is 8.36. The molecule has 4 nitrogen and oxygen atoms in total. The van der Waals surface area contributed by atoms with Crippen molar-refractivity contribution in [1.29, 1.82) is 0 Å². The number of halogens is 1. The van der Waals surface area contributed by atoms with Crippen LogP contribution in [0, 0.1) is 6.92 Å². The summed E-state index contributed by atoms with van der Waals surface area (Å²) in [6.45, 7) is 5.88. The van der Waals surface area contributed by atoms with Crippen molar-refractivity contribution in [3.05, 3.63) is 52.0 Å². The van der Waals surface area contributed by atoms with Gasteiger partial charge in [0.05, 0.1) is 17.2 Å². The summed E-state index contributed by atoms with van der Waals surface area (Å²) in [6, 6.07) is 10.5. The summed E-state index contributed by atoms with van der Waals surface area (Å²) in [5.41, 5.74) is 2.42. The van der Waals surface area contributed by atoms with Crippen molar-refractivity contribution in [3.8, 4) is 0 Å². The number of thiazole rings is 1. The third-order valence-electron chi connectivity index (χ3n) is 3.57. The molecule has 0 fully saturated rings. The van der Waals surface area contributed by atoms with Crippen LogP contribution in [-0.2, 0) is 6.54 Å². The number of hydrogen-bond acceptors (Lipinski definition) is 3. The van der Waals surface area contributed by atoms with Crippen molar-refractivity contribution in [2.45, 2.75) is 26.3 Å². The molecule has 2 aromatic rings. The SMILES string of the molecule is CN=C(NCC(C)c1ccccc1)N(C)Cc1csc(C)n1.I. The summed E-state index contributed by atoms with van der Waals surface area (Å²) in [4.78, 5) is 11.0. The predicted octanol–water partition coefficient (Wildman–Crippen LogP) is 3.88. The highest BCUT2D eigenvalue weighted by Crippen LogP contribution is 2.13. The highest BCUT2D eigenvalue weighted by molar-refractivity contribution is 14.0. The molecule has 0 spiro atoms. The van der Waals surface area contributed by atoms with Crippen molar-refractivity contribution in [1.82, 2.24) is 15.2 Å². The van der Waals surface area contributed by atoms with E-state index in [-0.39, 0.29) is 24.0 Å². The predicted molar refractivity (Wildman–Crippen MR) is 110 cm³/mol. The molecule has 0 amide bonds. The Morgan fingerprint density at radius 3 is 2.61 bits per heavy atom. The van der Waals surface area contributed by atoms with Crippen LogP contribution in [0.4, 0.5) is 0 Å². The second-order valence-electron chi connectivity index (χ2n) is 5.45. The van der Waals surface area contributed by atoms with Crippen molar-refractivity contribution >= 4 is 41.3 Å². The molecule has 1 atom stereocenters. The molecule has 0 saturated heterocycles. The van der Waals surface area contributed by atoms with Gasteiger partial charge < -0.3 is 10.2 Å². The van der Waals surface area contributed by atoms with E-state index in [1.165, 1.54) is 5.56 Å². The van der Waals surface area contributed by atoms with Gasteiger partial charge in [0.2, 0.25) is 0 Å². The van der Waals surface area contributed by atoms with Crippen LogP contribution < -0.4 is 5.32 Å². The summed E-state index contributed by atoms with van der Waals surface area (Å²) < 4.78 is 0. The Bertz CT molecular complexity index is 612. The lowest BCUT2D eigenvalue weighted by Crippen LogP contribution is -2.40. The van der Waals surface area contributed by atoms with Gasteiger partial charge >= 0.3 is 0 Å². The number of aromatic nitrogens is 1. The fraction of sp³-hybridized carbons (Fsp3) is 0.412. The molecule has 2 rings (SSSR count). The van der Waals surface area contributed by atoms with E-state index in [0.717, 1.165) is 29.8 Å². The lowest BCUT2D eigenvalue weighted by molar-refractivity contribution is 0.468. The molecule has 0 bridgehead atoms. The van der Waals surface area contributed by atoms with Crippen molar-refractivity contribution in [2.75, 3.05) is 20.6 Å². The van der Waals surface area contributed by atoms with E-state index in [1.807, 2.05) is 27.1 Å². The molecule has 1 unspecified atom stereocenters. The lowest BCUT2D eigenvalue weighted by Gasteiger charge is -2.23. The van der Waals surface area contributed by atoms with Gasteiger partial charge in [-0.2, -0.15) is 0 Å². The number of benzene rings is 1. The summed E-state index contributed by atoms with van der Waals surface area (Å²) in [5.74, 6) is 1.33. The number of guanidine groups is 1. The van der Waals surface area contributed by atoms with E-state index in [1.54, 1.807) is 11.3 Å². The van der Waals surface area contributed by atoms with Crippen LogP contribution in [0.3, 0.4) is 0 Å². The van der Waals surface area contributed by atoms with Gasteiger partial charge in [-0.3, -0.25) is 4.99 Å². The fourth-order valence-corrected chi connectivity index (χ4v) is 2.93. The molecule has 0 aliphatic carbocycles. The van der Waals surface area contributed by atoms with Crippen molar-refractivity contribution in [3.63, 3.8) is 0 Å². The largest absolute Gasteiger partial charge is 0.356 e. The zero-order valence-corrected chi connectivity index (χ0v) is 17.3. The Kier molecular flexibility index (Phi) is 8.54. The molecule has 1 heterocycles. The maximum atomic E-state index is 4.50. The first-order chi connectivity index (χ1) is 10.6. The Hall–Kier alpha value is -1.15. The van der Waals surface area contributed by atoms with E-state index in [4.69, 9.17) is 0 Å². The number of hydrogen-bond donors (Lipinski definition) is 1. The van der Waals surface area contributed by atoms with Crippen LogP contribution in [0.1, 0.15) is 29.1 Å². The monoisotopic (exact) mass is 444 g/mol. The van der Waals surface area contributed by atoms with Gasteiger partial charge in [0.25, 0.3) is 0 Å². The number of rotatable bonds is 5. The van der Waals surface area contributed by atoms with Crippen LogP contribution >= 0.6 is 35.3 Å². The number of nitrogens with one attached hydrogen (secondary N) is 1. The molecule has 6 heteroatoms. The van der Waals surface area contributed by atoms with E-state index >= 15 is 0 Å². The third kappa shape index (κ3) is 6.10. The average Bonchev–Trinajstić information content (AvgIpc) is 2.93. The molecule has 0 aliphatic rings. The second kappa shape index (κ2) is 9.87. The molecule has 0 saturated carbocycles. The Morgan fingerprint density at radius 1 is 1.35 bits per heavy atom.